The molecule has 0 spiro atoms. The van der Waals surface area contributed by atoms with Crippen LogP contribution < -0.4 is 10.6 Å². The lowest BCUT2D eigenvalue weighted by molar-refractivity contribution is 0.244. The first-order valence-electron chi connectivity index (χ1n) is 6.11. The Morgan fingerprint density at radius 1 is 1.47 bits per heavy atom. The average Bonchev–Trinajstić information content (AvgIpc) is 2.29. The van der Waals surface area contributed by atoms with Gasteiger partial charge < -0.3 is 15.7 Å². The predicted molar refractivity (Wildman–Crippen MR) is 75.2 cm³/mol. The molecule has 1 aliphatic rings. The number of nitrogen functional groups attached to an aromatic ring is 1. The van der Waals surface area contributed by atoms with Gasteiger partial charge in [-0.2, -0.15) is 0 Å². The van der Waals surface area contributed by atoms with Gasteiger partial charge in [-0.1, -0.05) is 15.9 Å². The van der Waals surface area contributed by atoms with Gasteiger partial charge in [0.2, 0.25) is 0 Å². The Hall–Kier alpha value is -0.740. The Labute approximate surface area is 111 Å². The summed E-state index contributed by atoms with van der Waals surface area (Å²) in [7, 11) is 0. The molecule has 2 rings (SSSR count). The number of hydrogen-bond donors (Lipinski definition) is 2. The fourth-order valence-corrected chi connectivity index (χ4v) is 2.89. The van der Waals surface area contributed by atoms with E-state index in [4.69, 9.17) is 10.8 Å². The molecule has 1 aliphatic heterocycles. The van der Waals surface area contributed by atoms with E-state index in [9.17, 15) is 0 Å². The third-order valence-electron chi connectivity index (χ3n) is 3.39. The first-order chi connectivity index (χ1) is 8.20. The molecule has 0 bridgehead atoms. The summed E-state index contributed by atoms with van der Waals surface area (Å²) in [4.78, 5) is 2.34. The molecule has 1 aromatic carbocycles. The van der Waals surface area contributed by atoms with Crippen LogP contribution in [-0.4, -0.2) is 24.8 Å². The molecule has 4 heteroatoms. The van der Waals surface area contributed by atoms with Crippen LogP contribution >= 0.6 is 15.9 Å². The third-order valence-corrected chi connectivity index (χ3v) is 3.88. The van der Waals surface area contributed by atoms with Crippen molar-refractivity contribution in [1.29, 1.82) is 0 Å². The smallest absolute Gasteiger partial charge is 0.0600 e. The predicted octanol–water partition coefficient (Wildman–Crippen LogP) is 2.63. The van der Waals surface area contributed by atoms with Gasteiger partial charge in [-0.3, -0.25) is 0 Å². The van der Waals surface area contributed by atoms with E-state index in [-0.39, 0.29) is 6.61 Å². The van der Waals surface area contributed by atoms with Gasteiger partial charge in [0.1, 0.15) is 0 Å². The van der Waals surface area contributed by atoms with Crippen molar-refractivity contribution in [2.45, 2.75) is 19.3 Å². The van der Waals surface area contributed by atoms with E-state index in [2.05, 4.69) is 26.9 Å². The van der Waals surface area contributed by atoms with Crippen LogP contribution in [0.1, 0.15) is 19.3 Å². The van der Waals surface area contributed by atoms with E-state index in [0.29, 0.717) is 5.92 Å². The highest BCUT2D eigenvalue weighted by Gasteiger charge is 2.20. The van der Waals surface area contributed by atoms with Crippen LogP contribution in [0.3, 0.4) is 0 Å². The van der Waals surface area contributed by atoms with Gasteiger partial charge >= 0.3 is 0 Å². The van der Waals surface area contributed by atoms with Gasteiger partial charge in [0.15, 0.2) is 0 Å². The maximum atomic E-state index is 9.02. The number of hydrogen-bond acceptors (Lipinski definition) is 3. The van der Waals surface area contributed by atoms with E-state index >= 15 is 0 Å². The van der Waals surface area contributed by atoms with Gasteiger partial charge in [-0.05, 0) is 43.4 Å². The minimum absolute atomic E-state index is 0.286. The minimum atomic E-state index is 0.286. The SMILES string of the molecule is Nc1cc(Br)ccc1N1CCCC(CCO)C1. The Bertz CT molecular complexity index is 382. The van der Waals surface area contributed by atoms with Gasteiger partial charge in [-0.15, -0.1) is 0 Å². The number of piperidine rings is 1. The standard InChI is InChI=1S/C13H19BrN2O/c14-11-3-4-13(12(15)8-11)16-6-1-2-10(9-16)5-7-17/h3-4,8,10,17H,1-2,5-7,9,15H2. The molecule has 1 saturated heterocycles. The Kier molecular flexibility index (Phi) is 4.29. The Balaban J connectivity index is 2.10. The number of halogens is 1. The zero-order chi connectivity index (χ0) is 12.3. The number of nitrogens with zero attached hydrogens (tertiary/aromatic N) is 1. The van der Waals surface area contributed by atoms with Crippen LogP contribution in [-0.2, 0) is 0 Å². The molecule has 94 valence electrons. The van der Waals surface area contributed by atoms with Crippen molar-refractivity contribution < 1.29 is 5.11 Å². The Morgan fingerprint density at radius 2 is 2.29 bits per heavy atom. The molecular weight excluding hydrogens is 280 g/mol. The monoisotopic (exact) mass is 298 g/mol. The highest BCUT2D eigenvalue weighted by Crippen LogP contribution is 2.30. The molecule has 0 radical (unpaired) electrons. The van der Waals surface area contributed by atoms with Crippen LogP contribution in [0.2, 0.25) is 0 Å². The molecule has 1 atom stereocenters. The van der Waals surface area contributed by atoms with Crippen LogP contribution in [0.25, 0.3) is 0 Å². The van der Waals surface area contributed by atoms with E-state index < -0.39 is 0 Å². The van der Waals surface area contributed by atoms with Crippen molar-refractivity contribution in [1.82, 2.24) is 0 Å². The normalized spacial score (nSPS) is 20.6. The van der Waals surface area contributed by atoms with E-state index in [1.165, 1.54) is 12.8 Å². The number of aliphatic hydroxyl groups is 1. The first kappa shape index (κ1) is 12.7. The van der Waals surface area contributed by atoms with Gasteiger partial charge in [-0.25, -0.2) is 0 Å². The second kappa shape index (κ2) is 5.74. The lowest BCUT2D eigenvalue weighted by Crippen LogP contribution is -2.36. The number of rotatable bonds is 3. The fourth-order valence-electron chi connectivity index (χ4n) is 2.52. The van der Waals surface area contributed by atoms with E-state index in [1.807, 2.05) is 12.1 Å². The molecule has 3 N–H and O–H groups in total. The highest BCUT2D eigenvalue weighted by molar-refractivity contribution is 9.10. The van der Waals surface area contributed by atoms with E-state index in [0.717, 1.165) is 35.4 Å². The largest absolute Gasteiger partial charge is 0.397 e. The summed E-state index contributed by atoms with van der Waals surface area (Å²) in [6.07, 6.45) is 3.29. The van der Waals surface area contributed by atoms with Crippen molar-refractivity contribution in [3.05, 3.63) is 22.7 Å². The van der Waals surface area contributed by atoms with Crippen molar-refractivity contribution in [3.8, 4) is 0 Å². The molecule has 1 fully saturated rings. The summed E-state index contributed by atoms with van der Waals surface area (Å²) in [5.74, 6) is 0.594. The number of aliphatic hydroxyl groups excluding tert-OH is 1. The van der Waals surface area contributed by atoms with Crippen LogP contribution in [0.15, 0.2) is 22.7 Å². The quantitative estimate of drug-likeness (QED) is 0.844. The van der Waals surface area contributed by atoms with Gasteiger partial charge in [0.05, 0.1) is 11.4 Å². The molecule has 0 aliphatic carbocycles. The van der Waals surface area contributed by atoms with Crippen LogP contribution in [0, 0.1) is 5.92 Å². The topological polar surface area (TPSA) is 49.5 Å². The fraction of sp³-hybridized carbons (Fsp3) is 0.538. The molecule has 1 unspecified atom stereocenters. The minimum Gasteiger partial charge on any atom is -0.397 e. The summed E-state index contributed by atoms with van der Waals surface area (Å²) >= 11 is 3.43. The lowest BCUT2D eigenvalue weighted by atomic mass is 9.94. The zero-order valence-electron chi connectivity index (χ0n) is 9.90. The molecular formula is C13H19BrN2O. The summed E-state index contributed by atoms with van der Waals surface area (Å²) in [5.41, 5.74) is 7.99. The second-order valence-electron chi connectivity index (χ2n) is 4.67. The lowest BCUT2D eigenvalue weighted by Gasteiger charge is -2.35. The summed E-state index contributed by atoms with van der Waals surface area (Å²) in [6, 6.07) is 6.05. The third kappa shape index (κ3) is 3.13. The highest BCUT2D eigenvalue weighted by atomic mass is 79.9. The molecule has 0 saturated carbocycles. The molecule has 0 amide bonds. The Morgan fingerprint density at radius 3 is 3.00 bits per heavy atom. The summed E-state index contributed by atoms with van der Waals surface area (Å²) < 4.78 is 1.02. The number of nitrogens with two attached hydrogens (primary N) is 1. The van der Waals surface area contributed by atoms with Gasteiger partial charge in [0, 0.05) is 24.2 Å². The summed E-state index contributed by atoms with van der Waals surface area (Å²) in [6.45, 7) is 2.36. The molecule has 1 aromatic rings. The van der Waals surface area contributed by atoms with Crippen molar-refractivity contribution in [2.75, 3.05) is 30.3 Å². The van der Waals surface area contributed by atoms with Crippen molar-refractivity contribution >= 4 is 27.3 Å². The maximum Gasteiger partial charge on any atom is 0.0600 e. The average molecular weight is 299 g/mol. The van der Waals surface area contributed by atoms with Crippen LogP contribution in [0.4, 0.5) is 11.4 Å². The van der Waals surface area contributed by atoms with Crippen LogP contribution in [0.5, 0.6) is 0 Å². The first-order valence-corrected chi connectivity index (χ1v) is 6.91. The zero-order valence-corrected chi connectivity index (χ0v) is 11.5. The van der Waals surface area contributed by atoms with Crippen molar-refractivity contribution in [3.63, 3.8) is 0 Å². The maximum absolute atomic E-state index is 9.02. The molecule has 1 heterocycles. The van der Waals surface area contributed by atoms with E-state index in [1.54, 1.807) is 0 Å². The molecule has 0 aromatic heterocycles. The number of anilines is 2. The summed E-state index contributed by atoms with van der Waals surface area (Å²) in [5, 5.41) is 9.02. The molecule has 3 nitrogen and oxygen atoms in total. The number of benzene rings is 1. The molecule has 17 heavy (non-hydrogen) atoms. The van der Waals surface area contributed by atoms with Gasteiger partial charge in [0.25, 0.3) is 0 Å². The second-order valence-corrected chi connectivity index (χ2v) is 5.59. The van der Waals surface area contributed by atoms with Crippen molar-refractivity contribution in [2.24, 2.45) is 5.92 Å².